The maximum Gasteiger partial charge on any atom is 0.321 e. The van der Waals surface area contributed by atoms with Gasteiger partial charge in [-0.1, -0.05) is 12.8 Å². The van der Waals surface area contributed by atoms with Crippen molar-refractivity contribution in [3.63, 3.8) is 0 Å². The molecule has 0 spiro atoms. The zero-order chi connectivity index (χ0) is 18.0. The Hall–Kier alpha value is -2.09. The minimum Gasteiger partial charge on any atom is -0.481 e. The SMILES string of the molecule is O=C(O)C1CCN(C(=O)Nc2ccc(S(=O)(=O)C3CCCC3)cc2)C1. The van der Waals surface area contributed by atoms with Gasteiger partial charge in [0.15, 0.2) is 9.84 Å². The van der Waals surface area contributed by atoms with Crippen LogP contribution in [0.4, 0.5) is 10.5 Å². The van der Waals surface area contributed by atoms with Crippen molar-refractivity contribution in [1.29, 1.82) is 0 Å². The molecular weight excluding hydrogens is 344 g/mol. The summed E-state index contributed by atoms with van der Waals surface area (Å²) in [7, 11) is -3.30. The van der Waals surface area contributed by atoms with Gasteiger partial charge in [-0.15, -0.1) is 0 Å². The molecule has 8 heteroatoms. The number of carbonyl (C=O) groups is 2. The molecule has 25 heavy (non-hydrogen) atoms. The molecule has 2 fully saturated rings. The lowest BCUT2D eigenvalue weighted by atomic mass is 10.1. The molecule has 1 heterocycles. The summed E-state index contributed by atoms with van der Waals surface area (Å²) >= 11 is 0. The Bertz CT molecular complexity index is 754. The Morgan fingerprint density at radius 3 is 2.28 bits per heavy atom. The van der Waals surface area contributed by atoms with Crippen LogP contribution >= 0.6 is 0 Å². The van der Waals surface area contributed by atoms with Gasteiger partial charge in [0, 0.05) is 18.8 Å². The van der Waals surface area contributed by atoms with Gasteiger partial charge in [0.05, 0.1) is 16.1 Å². The van der Waals surface area contributed by atoms with Gasteiger partial charge in [0.25, 0.3) is 0 Å². The molecule has 1 aromatic carbocycles. The molecular formula is C17H22N2O5S. The molecule has 1 saturated heterocycles. The van der Waals surface area contributed by atoms with Crippen LogP contribution < -0.4 is 5.32 Å². The fourth-order valence-electron chi connectivity index (χ4n) is 3.47. The number of rotatable bonds is 4. The van der Waals surface area contributed by atoms with Crippen molar-refractivity contribution < 1.29 is 23.1 Å². The molecule has 1 atom stereocenters. The lowest BCUT2D eigenvalue weighted by molar-refractivity contribution is -0.141. The molecule has 0 radical (unpaired) electrons. The van der Waals surface area contributed by atoms with Gasteiger partial charge in [-0.2, -0.15) is 0 Å². The first-order valence-electron chi connectivity index (χ1n) is 8.50. The molecule has 2 amide bonds. The summed E-state index contributed by atoms with van der Waals surface area (Å²) in [6.45, 7) is 0.590. The van der Waals surface area contributed by atoms with Crippen molar-refractivity contribution >= 4 is 27.5 Å². The maximum atomic E-state index is 12.5. The third kappa shape index (κ3) is 3.78. The Morgan fingerprint density at radius 2 is 1.72 bits per heavy atom. The molecule has 136 valence electrons. The average Bonchev–Trinajstić information content (AvgIpc) is 3.27. The average molecular weight is 366 g/mol. The summed E-state index contributed by atoms with van der Waals surface area (Å²) < 4.78 is 25.1. The van der Waals surface area contributed by atoms with Crippen LogP contribution in [0.2, 0.25) is 0 Å². The first-order chi connectivity index (χ1) is 11.9. The summed E-state index contributed by atoms with van der Waals surface area (Å²) in [5, 5.41) is 11.4. The molecule has 1 saturated carbocycles. The number of nitrogens with zero attached hydrogens (tertiary/aromatic N) is 1. The van der Waals surface area contributed by atoms with Crippen LogP contribution in [0.5, 0.6) is 0 Å². The quantitative estimate of drug-likeness (QED) is 0.851. The molecule has 0 aromatic heterocycles. The van der Waals surface area contributed by atoms with E-state index in [1.165, 1.54) is 17.0 Å². The summed E-state index contributed by atoms with van der Waals surface area (Å²) in [6.07, 6.45) is 3.76. The Labute approximate surface area is 146 Å². The van der Waals surface area contributed by atoms with Gasteiger partial charge in [-0.3, -0.25) is 4.79 Å². The molecule has 7 nitrogen and oxygen atoms in total. The van der Waals surface area contributed by atoms with Crippen molar-refractivity contribution in [2.45, 2.75) is 42.2 Å². The predicted molar refractivity (Wildman–Crippen MR) is 92.2 cm³/mol. The largest absolute Gasteiger partial charge is 0.481 e. The van der Waals surface area contributed by atoms with E-state index in [1.54, 1.807) is 12.1 Å². The minimum atomic E-state index is -3.30. The van der Waals surface area contributed by atoms with E-state index >= 15 is 0 Å². The minimum absolute atomic E-state index is 0.190. The smallest absolute Gasteiger partial charge is 0.321 e. The molecule has 1 aromatic rings. The number of nitrogens with one attached hydrogen (secondary N) is 1. The van der Waals surface area contributed by atoms with Crippen LogP contribution in [0, 0.1) is 5.92 Å². The van der Waals surface area contributed by atoms with Gasteiger partial charge in [0.1, 0.15) is 0 Å². The second-order valence-corrected chi connectivity index (χ2v) is 8.90. The highest BCUT2D eigenvalue weighted by Crippen LogP contribution is 2.30. The number of hydrogen-bond acceptors (Lipinski definition) is 4. The molecule has 2 aliphatic rings. The van der Waals surface area contributed by atoms with Gasteiger partial charge in [0.2, 0.25) is 0 Å². The molecule has 0 bridgehead atoms. The zero-order valence-electron chi connectivity index (χ0n) is 13.8. The Kier molecular flexibility index (Phi) is 4.99. The molecule has 1 unspecified atom stereocenters. The molecule has 1 aliphatic carbocycles. The first kappa shape index (κ1) is 17.7. The van der Waals surface area contributed by atoms with E-state index < -0.39 is 21.7 Å². The van der Waals surface area contributed by atoms with Crippen LogP contribution in [-0.2, 0) is 14.6 Å². The molecule has 1 aliphatic heterocycles. The van der Waals surface area contributed by atoms with Crippen LogP contribution in [0.25, 0.3) is 0 Å². The van der Waals surface area contributed by atoms with E-state index in [1.807, 2.05) is 0 Å². The zero-order valence-corrected chi connectivity index (χ0v) is 14.7. The topological polar surface area (TPSA) is 104 Å². The van der Waals surface area contributed by atoms with Crippen molar-refractivity contribution in [3.8, 4) is 0 Å². The standard InChI is InChI=1S/C17H22N2O5S/c20-16(21)12-9-10-19(11-12)17(22)18-13-5-7-15(8-6-13)25(23,24)14-3-1-2-4-14/h5-8,12,14H,1-4,9-11H2,(H,18,22)(H,20,21). The van der Waals surface area contributed by atoms with Crippen molar-refractivity contribution in [1.82, 2.24) is 4.90 Å². The highest BCUT2D eigenvalue weighted by molar-refractivity contribution is 7.92. The number of aliphatic carboxylic acids is 1. The number of likely N-dealkylation sites (tertiary alicyclic amines) is 1. The number of carbonyl (C=O) groups excluding carboxylic acids is 1. The second-order valence-electron chi connectivity index (χ2n) is 6.68. The third-order valence-electron chi connectivity index (χ3n) is 5.00. The fraction of sp³-hybridized carbons (Fsp3) is 0.529. The second kappa shape index (κ2) is 7.03. The number of hydrogen-bond donors (Lipinski definition) is 2. The summed E-state index contributed by atoms with van der Waals surface area (Å²) in [6, 6.07) is 5.82. The number of amides is 2. The number of carboxylic acids is 1. The normalized spacial score (nSPS) is 21.4. The van der Waals surface area contributed by atoms with Gasteiger partial charge in [-0.05, 0) is 43.5 Å². The molecule has 3 rings (SSSR count). The predicted octanol–water partition coefficient (Wildman–Crippen LogP) is 2.34. The van der Waals surface area contributed by atoms with Gasteiger partial charge < -0.3 is 15.3 Å². The lowest BCUT2D eigenvalue weighted by Gasteiger charge is -2.17. The Balaban J connectivity index is 1.63. The Morgan fingerprint density at radius 1 is 1.08 bits per heavy atom. The third-order valence-corrected chi connectivity index (χ3v) is 7.28. The van der Waals surface area contributed by atoms with Crippen LogP contribution in [0.3, 0.4) is 0 Å². The van der Waals surface area contributed by atoms with Crippen molar-refractivity contribution in [2.75, 3.05) is 18.4 Å². The van der Waals surface area contributed by atoms with Gasteiger partial charge >= 0.3 is 12.0 Å². The first-order valence-corrected chi connectivity index (χ1v) is 10.1. The van der Waals surface area contributed by atoms with E-state index in [-0.39, 0.29) is 22.7 Å². The van der Waals surface area contributed by atoms with E-state index in [4.69, 9.17) is 5.11 Å². The number of carboxylic acid groups (broad SMARTS) is 1. The van der Waals surface area contributed by atoms with Crippen LogP contribution in [0.15, 0.2) is 29.2 Å². The number of benzene rings is 1. The van der Waals surface area contributed by atoms with E-state index in [9.17, 15) is 18.0 Å². The van der Waals surface area contributed by atoms with Crippen LogP contribution in [-0.4, -0.2) is 48.8 Å². The lowest BCUT2D eigenvalue weighted by Crippen LogP contribution is -2.33. The highest BCUT2D eigenvalue weighted by Gasteiger charge is 2.32. The van der Waals surface area contributed by atoms with Gasteiger partial charge in [-0.25, -0.2) is 13.2 Å². The summed E-state index contributed by atoms with van der Waals surface area (Å²) in [5.74, 6) is -1.42. The van der Waals surface area contributed by atoms with Crippen molar-refractivity contribution in [3.05, 3.63) is 24.3 Å². The number of anilines is 1. The maximum absolute atomic E-state index is 12.5. The van der Waals surface area contributed by atoms with E-state index in [0.29, 0.717) is 31.5 Å². The van der Waals surface area contributed by atoms with E-state index in [0.717, 1.165) is 12.8 Å². The van der Waals surface area contributed by atoms with Crippen LogP contribution in [0.1, 0.15) is 32.1 Å². The number of urea groups is 1. The summed E-state index contributed by atoms with van der Waals surface area (Å²) in [4.78, 5) is 24.9. The summed E-state index contributed by atoms with van der Waals surface area (Å²) in [5.41, 5.74) is 0.495. The number of sulfone groups is 1. The van der Waals surface area contributed by atoms with E-state index in [2.05, 4.69) is 5.32 Å². The van der Waals surface area contributed by atoms with Crippen molar-refractivity contribution in [2.24, 2.45) is 5.92 Å². The highest BCUT2D eigenvalue weighted by atomic mass is 32.2. The molecule has 2 N–H and O–H groups in total. The fourth-order valence-corrected chi connectivity index (χ4v) is 5.32. The monoisotopic (exact) mass is 366 g/mol.